The van der Waals surface area contributed by atoms with Crippen molar-refractivity contribution in [3.63, 3.8) is 0 Å². The van der Waals surface area contributed by atoms with Gasteiger partial charge in [-0.2, -0.15) is 5.10 Å². The van der Waals surface area contributed by atoms with Gasteiger partial charge >= 0.3 is 0 Å². The Morgan fingerprint density at radius 1 is 0.917 bits per heavy atom. The van der Waals surface area contributed by atoms with Crippen molar-refractivity contribution in [2.75, 3.05) is 19.8 Å². The van der Waals surface area contributed by atoms with Gasteiger partial charge in [-0.05, 0) is 90.3 Å². The number of halogens is 2. The van der Waals surface area contributed by atoms with Crippen LogP contribution < -0.4 is 24.4 Å². The lowest BCUT2D eigenvalue weighted by Crippen LogP contribution is -2.17. The maximum Gasteiger partial charge on any atom is 0.271 e. The molecule has 9 heteroatoms. The van der Waals surface area contributed by atoms with E-state index in [4.69, 9.17) is 30.5 Å². The highest BCUT2D eigenvalue weighted by molar-refractivity contribution is 9.10. The molecule has 7 nitrogen and oxygen atoms in total. The van der Waals surface area contributed by atoms with E-state index >= 15 is 0 Å². The van der Waals surface area contributed by atoms with Crippen LogP contribution in [0.1, 0.15) is 42.3 Å². The molecule has 3 aromatic rings. The van der Waals surface area contributed by atoms with E-state index in [1.165, 1.54) is 6.21 Å². The van der Waals surface area contributed by atoms with E-state index in [-0.39, 0.29) is 5.91 Å². The zero-order valence-corrected chi connectivity index (χ0v) is 22.7. The van der Waals surface area contributed by atoms with Crippen LogP contribution in [0.4, 0.5) is 0 Å². The molecule has 0 fully saturated rings. The SMILES string of the molecule is CCOc1ccc(C(=O)N/N=C/c2cc(Br)c(OCc3cccc(Cl)c3)c(OCC)c2)cc1OCC. The standard InChI is InChI=1S/C27H28BrClN2O5/c1-4-33-23-11-10-20(15-24(23)34-5-2)27(32)31-30-16-19-13-22(28)26(25(14-19)35-6-3)36-17-18-8-7-9-21(29)12-18/h7-16H,4-6,17H2,1-3H3,(H,31,32)/b30-16+. The van der Waals surface area contributed by atoms with Crippen molar-refractivity contribution in [3.05, 3.63) is 80.8 Å². The minimum absolute atomic E-state index is 0.328. The van der Waals surface area contributed by atoms with E-state index in [1.54, 1.807) is 24.3 Å². The summed E-state index contributed by atoms with van der Waals surface area (Å²) in [5.74, 6) is 1.84. The summed E-state index contributed by atoms with van der Waals surface area (Å²) in [6, 6.07) is 16.1. The average Bonchev–Trinajstić information content (AvgIpc) is 2.85. The highest BCUT2D eigenvalue weighted by Crippen LogP contribution is 2.37. The zero-order valence-electron chi connectivity index (χ0n) is 20.3. The van der Waals surface area contributed by atoms with Crippen molar-refractivity contribution in [2.45, 2.75) is 27.4 Å². The molecule has 0 aromatic heterocycles. The van der Waals surface area contributed by atoms with Crippen molar-refractivity contribution < 1.29 is 23.7 Å². The molecule has 0 aliphatic heterocycles. The largest absolute Gasteiger partial charge is 0.490 e. The first-order valence-corrected chi connectivity index (χ1v) is 12.7. The van der Waals surface area contributed by atoms with Gasteiger partial charge in [0.1, 0.15) is 6.61 Å². The van der Waals surface area contributed by atoms with Gasteiger partial charge in [0.15, 0.2) is 23.0 Å². The van der Waals surface area contributed by atoms with Gasteiger partial charge in [0.2, 0.25) is 0 Å². The summed E-state index contributed by atoms with van der Waals surface area (Å²) in [5, 5.41) is 4.75. The van der Waals surface area contributed by atoms with Gasteiger partial charge in [0.05, 0.1) is 30.5 Å². The Hall–Kier alpha value is -3.23. The molecule has 3 rings (SSSR count). The molecule has 1 amide bonds. The van der Waals surface area contributed by atoms with Gasteiger partial charge < -0.3 is 18.9 Å². The molecule has 0 radical (unpaired) electrons. The third kappa shape index (κ3) is 7.63. The quantitative estimate of drug-likeness (QED) is 0.193. The van der Waals surface area contributed by atoms with Crippen molar-refractivity contribution in [3.8, 4) is 23.0 Å². The summed E-state index contributed by atoms with van der Waals surface area (Å²) in [7, 11) is 0. The summed E-state index contributed by atoms with van der Waals surface area (Å²) in [6.07, 6.45) is 1.53. The van der Waals surface area contributed by atoms with Crippen LogP contribution in [0.5, 0.6) is 23.0 Å². The van der Waals surface area contributed by atoms with Crippen molar-refractivity contribution in [1.29, 1.82) is 0 Å². The fourth-order valence-corrected chi connectivity index (χ4v) is 4.06. The number of carbonyl (C=O) groups is 1. The number of rotatable bonds is 12. The smallest absolute Gasteiger partial charge is 0.271 e. The second kappa shape index (κ2) is 13.8. The maximum absolute atomic E-state index is 12.6. The molecule has 3 aromatic carbocycles. The van der Waals surface area contributed by atoms with Crippen LogP contribution in [0.25, 0.3) is 0 Å². The van der Waals surface area contributed by atoms with Crippen LogP contribution in [0.2, 0.25) is 5.02 Å². The Balaban J connectivity index is 1.71. The number of hydrazone groups is 1. The molecular formula is C27H28BrClN2O5. The number of carbonyl (C=O) groups excluding carboxylic acids is 1. The van der Waals surface area contributed by atoms with E-state index < -0.39 is 0 Å². The van der Waals surface area contributed by atoms with Gasteiger partial charge in [-0.15, -0.1) is 0 Å². The van der Waals surface area contributed by atoms with Crippen molar-refractivity contribution in [2.24, 2.45) is 5.10 Å². The summed E-state index contributed by atoms with van der Waals surface area (Å²) in [5.41, 5.74) is 4.59. The van der Waals surface area contributed by atoms with Gasteiger partial charge in [-0.1, -0.05) is 23.7 Å². The number of benzene rings is 3. The van der Waals surface area contributed by atoms with Gasteiger partial charge in [0, 0.05) is 10.6 Å². The average molecular weight is 576 g/mol. The normalized spacial score (nSPS) is 10.8. The van der Waals surface area contributed by atoms with E-state index in [2.05, 4.69) is 26.5 Å². The number of nitrogens with zero attached hydrogens (tertiary/aromatic N) is 1. The Bertz CT molecular complexity index is 1220. The molecule has 190 valence electrons. The Kier molecular flexibility index (Phi) is 10.5. The van der Waals surface area contributed by atoms with E-state index in [1.807, 2.05) is 51.1 Å². The van der Waals surface area contributed by atoms with Crippen LogP contribution in [-0.2, 0) is 6.61 Å². The second-order valence-electron chi connectivity index (χ2n) is 7.41. The van der Waals surface area contributed by atoms with Crippen molar-refractivity contribution >= 4 is 39.7 Å². The van der Waals surface area contributed by atoms with Gasteiger partial charge in [-0.25, -0.2) is 5.43 Å². The van der Waals surface area contributed by atoms with Gasteiger partial charge in [-0.3, -0.25) is 4.79 Å². The highest BCUT2D eigenvalue weighted by Gasteiger charge is 2.14. The summed E-state index contributed by atoms with van der Waals surface area (Å²) < 4.78 is 23.6. The highest BCUT2D eigenvalue weighted by atomic mass is 79.9. The lowest BCUT2D eigenvalue weighted by molar-refractivity contribution is 0.0954. The van der Waals surface area contributed by atoms with Crippen molar-refractivity contribution in [1.82, 2.24) is 5.43 Å². The topological polar surface area (TPSA) is 78.4 Å². The monoisotopic (exact) mass is 574 g/mol. The molecule has 0 heterocycles. The molecule has 0 spiro atoms. The predicted octanol–water partition coefficient (Wildman–Crippen LogP) is 6.64. The second-order valence-corrected chi connectivity index (χ2v) is 8.70. The summed E-state index contributed by atoms with van der Waals surface area (Å²) >= 11 is 9.61. The first-order chi connectivity index (χ1) is 17.4. The zero-order chi connectivity index (χ0) is 25.9. The number of amides is 1. The molecule has 0 atom stereocenters. The summed E-state index contributed by atoms with van der Waals surface area (Å²) in [4.78, 5) is 12.6. The van der Waals surface area contributed by atoms with Crippen LogP contribution in [0.15, 0.2) is 64.2 Å². The lowest BCUT2D eigenvalue weighted by Gasteiger charge is -2.15. The van der Waals surface area contributed by atoms with Crippen LogP contribution in [0, 0.1) is 0 Å². The minimum atomic E-state index is -0.374. The van der Waals surface area contributed by atoms with Crippen LogP contribution >= 0.6 is 27.5 Å². The molecule has 36 heavy (non-hydrogen) atoms. The molecule has 0 aliphatic rings. The van der Waals surface area contributed by atoms with Crippen LogP contribution in [-0.4, -0.2) is 31.9 Å². The fraction of sp³-hybridized carbons (Fsp3) is 0.259. The predicted molar refractivity (Wildman–Crippen MR) is 145 cm³/mol. The van der Waals surface area contributed by atoms with Gasteiger partial charge in [0.25, 0.3) is 5.91 Å². The molecule has 0 unspecified atom stereocenters. The number of hydrogen-bond acceptors (Lipinski definition) is 6. The third-order valence-electron chi connectivity index (χ3n) is 4.79. The summed E-state index contributed by atoms with van der Waals surface area (Å²) in [6.45, 7) is 7.39. The first kappa shape index (κ1) is 27.4. The van der Waals surface area contributed by atoms with E-state index in [0.717, 1.165) is 5.56 Å². The third-order valence-corrected chi connectivity index (χ3v) is 5.61. The number of hydrogen-bond donors (Lipinski definition) is 1. The minimum Gasteiger partial charge on any atom is -0.490 e. The lowest BCUT2D eigenvalue weighted by atomic mass is 10.2. The molecule has 0 saturated heterocycles. The van der Waals surface area contributed by atoms with Crippen LogP contribution in [0.3, 0.4) is 0 Å². The maximum atomic E-state index is 12.6. The number of ether oxygens (including phenoxy) is 4. The van der Waals surface area contributed by atoms with E-state index in [0.29, 0.717) is 70.0 Å². The molecule has 0 aliphatic carbocycles. The first-order valence-electron chi connectivity index (χ1n) is 11.5. The molecular weight excluding hydrogens is 548 g/mol. The van der Waals surface area contributed by atoms with E-state index in [9.17, 15) is 4.79 Å². The fourth-order valence-electron chi connectivity index (χ4n) is 3.27. The Labute approximate surface area is 224 Å². The molecule has 0 saturated carbocycles. The molecule has 0 bridgehead atoms. The molecule has 1 N–H and O–H groups in total. The Morgan fingerprint density at radius 2 is 1.64 bits per heavy atom. The Morgan fingerprint density at radius 3 is 2.36 bits per heavy atom. The number of nitrogens with one attached hydrogen (secondary N) is 1.